The minimum Gasteiger partial charge on any atom is -0.486 e. The Balaban J connectivity index is 1.70. The summed E-state index contributed by atoms with van der Waals surface area (Å²) in [7, 11) is 0. The van der Waals surface area contributed by atoms with E-state index in [-0.39, 0.29) is 18.2 Å². The first-order chi connectivity index (χ1) is 10.3. The highest BCUT2D eigenvalue weighted by molar-refractivity contribution is 5.43. The molecular weight excluding hydrogens is 282 g/mol. The zero-order valence-electron chi connectivity index (χ0n) is 13.9. The summed E-state index contributed by atoms with van der Waals surface area (Å²) in [4.78, 5) is 0. The molecule has 0 amide bonds. The topological polar surface area (TPSA) is 60.0 Å². The number of hydrogen-bond donors (Lipinski definition) is 2. The molecule has 0 saturated heterocycles. The Morgan fingerprint density at radius 2 is 2.14 bits per heavy atom. The maximum Gasteiger partial charge on any atom is 0.162 e. The quantitative estimate of drug-likeness (QED) is 0.840. The van der Waals surface area contributed by atoms with E-state index in [1.54, 1.807) is 0 Å². The largest absolute Gasteiger partial charge is 0.486 e. The van der Waals surface area contributed by atoms with Crippen molar-refractivity contribution < 1.29 is 19.3 Å². The van der Waals surface area contributed by atoms with Crippen LogP contribution in [0.25, 0.3) is 0 Å². The van der Waals surface area contributed by atoms with Crippen molar-refractivity contribution in [3.05, 3.63) is 23.8 Å². The molecule has 0 bridgehead atoms. The molecule has 2 unspecified atom stereocenters. The van der Waals surface area contributed by atoms with E-state index in [0.29, 0.717) is 19.8 Å². The summed E-state index contributed by atoms with van der Waals surface area (Å²) in [5, 5.41) is 13.1. The van der Waals surface area contributed by atoms with Crippen LogP contribution in [-0.2, 0) is 4.74 Å². The first-order valence-electron chi connectivity index (χ1n) is 7.74. The summed E-state index contributed by atoms with van der Waals surface area (Å²) in [6.45, 7) is 9.86. The molecule has 0 fully saturated rings. The lowest BCUT2D eigenvalue weighted by molar-refractivity contribution is -0.0221. The minimum absolute atomic E-state index is 0.0110. The van der Waals surface area contributed by atoms with Crippen LogP contribution in [0.4, 0.5) is 0 Å². The second kappa shape index (κ2) is 7.31. The predicted octanol–water partition coefficient (Wildman–Crippen LogP) is 1.90. The lowest BCUT2D eigenvalue weighted by Crippen LogP contribution is -2.42. The molecule has 0 aliphatic carbocycles. The van der Waals surface area contributed by atoms with Gasteiger partial charge >= 0.3 is 0 Å². The summed E-state index contributed by atoms with van der Waals surface area (Å²) in [5.74, 6) is 1.53. The number of benzene rings is 1. The zero-order valence-corrected chi connectivity index (χ0v) is 13.9. The number of fused-ring (bicyclic) bond motifs is 1. The van der Waals surface area contributed by atoms with Gasteiger partial charge in [-0.25, -0.2) is 0 Å². The number of ether oxygens (including phenoxy) is 3. The molecule has 1 aliphatic heterocycles. The Morgan fingerprint density at radius 3 is 2.86 bits per heavy atom. The van der Waals surface area contributed by atoms with Crippen LogP contribution in [0.1, 0.15) is 26.3 Å². The summed E-state index contributed by atoms with van der Waals surface area (Å²) in [5.41, 5.74) is 1.12. The number of rotatable bonds is 6. The number of β-amino-alcohol motifs (C(OH)–C–C–N with tert-alkyl or cyclic N) is 1. The van der Waals surface area contributed by atoms with Gasteiger partial charge in [-0.3, -0.25) is 0 Å². The second-order valence-electron chi connectivity index (χ2n) is 6.82. The molecule has 124 valence electrons. The molecule has 1 aromatic rings. The molecule has 0 saturated carbocycles. The van der Waals surface area contributed by atoms with Crippen molar-refractivity contribution in [1.82, 2.24) is 5.32 Å². The molecular formula is C17H27NO4. The lowest BCUT2D eigenvalue weighted by atomic mass is 10.1. The van der Waals surface area contributed by atoms with Gasteiger partial charge in [0.2, 0.25) is 0 Å². The van der Waals surface area contributed by atoms with Crippen LogP contribution in [0.2, 0.25) is 0 Å². The van der Waals surface area contributed by atoms with E-state index >= 15 is 0 Å². The Bertz CT molecular complexity index is 484. The van der Waals surface area contributed by atoms with E-state index in [1.165, 1.54) is 0 Å². The highest BCUT2D eigenvalue weighted by Crippen LogP contribution is 2.32. The molecule has 1 heterocycles. The van der Waals surface area contributed by atoms with E-state index in [9.17, 15) is 5.11 Å². The second-order valence-corrected chi connectivity index (χ2v) is 6.82. The van der Waals surface area contributed by atoms with E-state index in [0.717, 1.165) is 17.1 Å². The van der Waals surface area contributed by atoms with Crippen LogP contribution in [0.15, 0.2) is 18.2 Å². The van der Waals surface area contributed by atoms with Crippen LogP contribution >= 0.6 is 0 Å². The third-order valence-corrected chi connectivity index (χ3v) is 3.30. The Hall–Kier alpha value is -1.30. The molecule has 2 N–H and O–H groups in total. The van der Waals surface area contributed by atoms with Gasteiger partial charge in [0.15, 0.2) is 17.6 Å². The van der Waals surface area contributed by atoms with Gasteiger partial charge in [0.25, 0.3) is 0 Å². The molecule has 2 rings (SSSR count). The zero-order chi connectivity index (χ0) is 16.2. The molecule has 0 aromatic heterocycles. The first kappa shape index (κ1) is 17.1. The average Bonchev–Trinajstić information content (AvgIpc) is 2.44. The molecule has 5 heteroatoms. The van der Waals surface area contributed by atoms with Gasteiger partial charge < -0.3 is 24.6 Å². The SMILES string of the molecule is Cc1ccc2c(c1)OC(COCC(O)CNC(C)(C)C)CO2. The smallest absolute Gasteiger partial charge is 0.162 e. The van der Waals surface area contributed by atoms with Crippen molar-refractivity contribution in [2.45, 2.75) is 45.4 Å². The van der Waals surface area contributed by atoms with Gasteiger partial charge in [-0.2, -0.15) is 0 Å². The molecule has 1 aromatic carbocycles. The number of nitrogens with one attached hydrogen (secondary N) is 1. The molecule has 1 aliphatic rings. The van der Waals surface area contributed by atoms with E-state index in [1.807, 2.05) is 25.1 Å². The van der Waals surface area contributed by atoms with Crippen LogP contribution < -0.4 is 14.8 Å². The van der Waals surface area contributed by atoms with Crippen molar-refractivity contribution in [2.75, 3.05) is 26.4 Å². The molecule has 0 radical (unpaired) electrons. The van der Waals surface area contributed by atoms with Crippen LogP contribution in [0, 0.1) is 6.92 Å². The van der Waals surface area contributed by atoms with Crippen molar-refractivity contribution in [1.29, 1.82) is 0 Å². The van der Waals surface area contributed by atoms with Crippen LogP contribution in [-0.4, -0.2) is 49.2 Å². The summed E-state index contributed by atoms with van der Waals surface area (Å²) < 4.78 is 17.1. The first-order valence-corrected chi connectivity index (χ1v) is 7.74. The van der Waals surface area contributed by atoms with Gasteiger partial charge in [-0.1, -0.05) is 6.07 Å². The van der Waals surface area contributed by atoms with Crippen LogP contribution in [0.5, 0.6) is 11.5 Å². The van der Waals surface area contributed by atoms with Crippen molar-refractivity contribution in [2.24, 2.45) is 0 Å². The fourth-order valence-electron chi connectivity index (χ4n) is 2.12. The summed E-state index contributed by atoms with van der Waals surface area (Å²) in [6, 6.07) is 5.88. The maximum absolute atomic E-state index is 9.88. The Labute approximate surface area is 132 Å². The number of aryl methyl sites for hydroxylation is 1. The molecule has 2 atom stereocenters. The van der Waals surface area contributed by atoms with E-state index in [4.69, 9.17) is 14.2 Å². The lowest BCUT2D eigenvalue weighted by Gasteiger charge is -2.27. The highest BCUT2D eigenvalue weighted by Gasteiger charge is 2.21. The molecule has 0 spiro atoms. The van der Waals surface area contributed by atoms with Gasteiger partial charge in [0.1, 0.15) is 6.61 Å². The third kappa shape index (κ3) is 5.48. The Morgan fingerprint density at radius 1 is 1.36 bits per heavy atom. The number of aliphatic hydroxyl groups excluding tert-OH is 1. The van der Waals surface area contributed by atoms with E-state index < -0.39 is 6.10 Å². The van der Waals surface area contributed by atoms with Crippen molar-refractivity contribution in [3.63, 3.8) is 0 Å². The summed E-state index contributed by atoms with van der Waals surface area (Å²) in [6.07, 6.45) is -0.671. The third-order valence-electron chi connectivity index (χ3n) is 3.30. The van der Waals surface area contributed by atoms with Gasteiger partial charge in [-0.05, 0) is 45.4 Å². The molecule has 5 nitrogen and oxygen atoms in total. The fourth-order valence-corrected chi connectivity index (χ4v) is 2.12. The van der Waals surface area contributed by atoms with Gasteiger partial charge in [0, 0.05) is 12.1 Å². The Kier molecular flexibility index (Phi) is 5.67. The molecule has 22 heavy (non-hydrogen) atoms. The van der Waals surface area contributed by atoms with Crippen LogP contribution in [0.3, 0.4) is 0 Å². The predicted molar refractivity (Wildman–Crippen MR) is 85.7 cm³/mol. The standard InChI is InChI=1S/C17H27NO4/c1-12-5-6-15-16(7-12)22-14(11-21-15)10-20-9-13(19)8-18-17(2,3)4/h5-7,13-14,18-19H,8-11H2,1-4H3. The van der Waals surface area contributed by atoms with Crippen molar-refractivity contribution >= 4 is 0 Å². The van der Waals surface area contributed by atoms with Gasteiger partial charge in [0.05, 0.1) is 19.3 Å². The monoisotopic (exact) mass is 309 g/mol. The van der Waals surface area contributed by atoms with Crippen molar-refractivity contribution in [3.8, 4) is 11.5 Å². The number of aliphatic hydroxyl groups is 1. The maximum atomic E-state index is 9.88. The fraction of sp³-hybridized carbons (Fsp3) is 0.647. The highest BCUT2D eigenvalue weighted by atomic mass is 16.6. The minimum atomic E-state index is -0.529. The van der Waals surface area contributed by atoms with Gasteiger partial charge in [-0.15, -0.1) is 0 Å². The van der Waals surface area contributed by atoms with E-state index in [2.05, 4.69) is 26.1 Å². The normalized spacial score (nSPS) is 19.0. The number of hydrogen-bond acceptors (Lipinski definition) is 5. The average molecular weight is 309 g/mol. The summed E-state index contributed by atoms with van der Waals surface area (Å²) >= 11 is 0.